The molecule has 9 heterocycles. The number of likely N-dealkylation sites (tertiary alicyclic amines) is 1. The summed E-state index contributed by atoms with van der Waals surface area (Å²) in [7, 11) is -7.90. The van der Waals surface area contributed by atoms with Crippen LogP contribution in [0.4, 0.5) is 28.7 Å². The monoisotopic (exact) mass is 1100 g/mol. The molecule has 5 amide bonds. The van der Waals surface area contributed by atoms with Gasteiger partial charge in [-0.2, -0.15) is 0 Å². The van der Waals surface area contributed by atoms with E-state index in [1.165, 1.54) is 17.5 Å². The number of hydrogen-bond donors (Lipinski definition) is 4. The molecule has 3 saturated heterocycles. The molecule has 1 aliphatic carbocycles. The minimum Gasteiger partial charge on any atom is -0.480 e. The highest BCUT2D eigenvalue weighted by molar-refractivity contribution is 7.46. The molecule has 0 bridgehead atoms. The third kappa shape index (κ3) is 9.96. The van der Waals surface area contributed by atoms with Crippen LogP contribution in [0.2, 0.25) is 0 Å². The van der Waals surface area contributed by atoms with Gasteiger partial charge in [-0.25, -0.2) is 19.5 Å². The van der Waals surface area contributed by atoms with Crippen molar-refractivity contribution in [3.8, 4) is 17.0 Å². The molecule has 79 heavy (non-hydrogen) atoms. The van der Waals surface area contributed by atoms with Gasteiger partial charge < -0.3 is 39.3 Å². The average molecular weight is 1100 g/mol. The molecule has 3 unspecified atom stereocenters. The molecular weight excluding hydrogens is 1030 g/mol. The molecule has 6 aliphatic rings. The number of rotatable bonds is 13. The van der Waals surface area contributed by atoms with E-state index in [0.29, 0.717) is 58.6 Å². The van der Waals surface area contributed by atoms with E-state index < -0.39 is 56.9 Å². The van der Waals surface area contributed by atoms with E-state index >= 15 is 0 Å². The molecule has 5 aromatic rings. The molecule has 11 rings (SSSR count). The fourth-order valence-electron chi connectivity index (χ4n) is 12.9. The van der Waals surface area contributed by atoms with Crippen LogP contribution < -0.4 is 24.8 Å². The summed E-state index contributed by atoms with van der Waals surface area (Å²) < 4.78 is 47.3. The zero-order valence-corrected chi connectivity index (χ0v) is 45.7. The van der Waals surface area contributed by atoms with Crippen molar-refractivity contribution in [1.82, 2.24) is 34.2 Å². The predicted molar refractivity (Wildman–Crippen MR) is 292 cm³/mol. The Morgan fingerprint density at radius 2 is 1.59 bits per heavy atom. The smallest absolute Gasteiger partial charge is 0.471 e. The number of ether oxygens (including phenoxy) is 1. The Bertz CT molecular complexity index is 3460. The molecule has 6 atom stereocenters. The summed E-state index contributed by atoms with van der Waals surface area (Å²) in [5.74, 6) is -2.72. The number of carbonyl (C=O) groups excluding carboxylic acids is 5. The summed E-state index contributed by atoms with van der Waals surface area (Å²) in [5.41, 5.74) is 6.73. The van der Waals surface area contributed by atoms with Crippen LogP contribution in [0.3, 0.4) is 0 Å². The average Bonchev–Trinajstić information content (AvgIpc) is 4.04. The van der Waals surface area contributed by atoms with Crippen LogP contribution in [0, 0.1) is 5.41 Å². The van der Waals surface area contributed by atoms with E-state index in [0.717, 1.165) is 68.5 Å². The molecule has 416 valence electrons. The van der Waals surface area contributed by atoms with Gasteiger partial charge >= 0.3 is 7.82 Å². The van der Waals surface area contributed by atoms with Crippen molar-refractivity contribution >= 4 is 66.1 Å². The fraction of sp³-hybridized carbons (Fsp3) is 0.464. The first-order valence-electron chi connectivity index (χ1n) is 28.3. The summed E-state index contributed by atoms with van der Waals surface area (Å²) >= 11 is 0. The van der Waals surface area contributed by atoms with Crippen molar-refractivity contribution in [2.45, 2.75) is 123 Å². The van der Waals surface area contributed by atoms with Crippen molar-refractivity contribution in [1.29, 1.82) is 0 Å². The number of benzene rings is 1. The molecule has 0 radical (unpaired) electrons. The first-order valence-corrected chi connectivity index (χ1v) is 28.3. The third-order valence-electron chi connectivity index (χ3n) is 16.5. The Balaban J connectivity index is 0.737. The first kappa shape index (κ1) is 50.2. The second kappa shape index (κ2) is 20.5. The number of piperazine rings is 1. The maximum Gasteiger partial charge on any atom is 0.471 e. The topological polar surface area (TPSA) is 257 Å². The summed E-state index contributed by atoms with van der Waals surface area (Å²) in [6, 6.07) is 13.3. The molecular formula is C56H66N11O11P. The number of carbonyl (C=O) groups is 5. The highest BCUT2D eigenvalue weighted by atomic mass is 31.2. The van der Waals surface area contributed by atoms with Crippen molar-refractivity contribution < 1.29 is 56.8 Å². The quantitative estimate of drug-likeness (QED) is 0.0771. The Morgan fingerprint density at radius 1 is 0.823 bits per heavy atom. The number of phosphoric ester groups is 1. The van der Waals surface area contributed by atoms with E-state index in [1.807, 2.05) is 12.1 Å². The Labute approximate surface area is 461 Å². The van der Waals surface area contributed by atoms with Gasteiger partial charge in [0.25, 0.3) is 23.6 Å². The van der Waals surface area contributed by atoms with Crippen LogP contribution in [-0.2, 0) is 38.1 Å². The highest BCUT2D eigenvalue weighted by Crippen LogP contribution is 2.43. The summed E-state index contributed by atoms with van der Waals surface area (Å²) in [6.07, 6.45) is 5.22. The SMILES string of the molecule is [2H]C([2H])([2H])Oc1ncc(-c2ccnc(N3CCn4c(cc5c4CC(C)(C)C5)C3=O)c2[C@H](C)O)cc1Nc1ccc(N2CCN(C3CCN(c4ccc5c(c4)C(=O)N(C4CCC(=O)N(C(C)OP(=O)(O)O)C4=O)C5=O)[C@H](C)C3)C[C@@H]2C)cn1. The number of nitrogens with one attached hydrogen (secondary N) is 1. The highest BCUT2D eigenvalue weighted by Gasteiger charge is 2.49. The normalized spacial score (nSPS) is 24.0. The number of pyridine rings is 3. The van der Waals surface area contributed by atoms with Gasteiger partial charge in [0.1, 0.15) is 35.3 Å². The molecule has 0 saturated carbocycles. The lowest BCUT2D eigenvalue weighted by Gasteiger charge is -2.48. The van der Waals surface area contributed by atoms with Crippen LogP contribution in [0.15, 0.2) is 67.1 Å². The van der Waals surface area contributed by atoms with Crippen molar-refractivity contribution in [2.75, 3.05) is 59.8 Å². The number of piperidine rings is 2. The Hall–Kier alpha value is -7.07. The molecule has 23 heteroatoms. The second-order valence-corrected chi connectivity index (χ2v) is 23.6. The molecule has 3 fully saturated rings. The van der Waals surface area contributed by atoms with Gasteiger partial charge in [-0.1, -0.05) is 13.8 Å². The van der Waals surface area contributed by atoms with E-state index in [4.69, 9.17) is 13.8 Å². The standard InChI is InChI=1S/C56H66N11O11P/c1-31-22-37(15-17-62(31)38-8-10-41-42(25-38)53(71)67(52(41)70)44-11-13-48(69)66(55(44)73)34(4)78-79(74,75)76)61-18-19-63(32(2)30-61)39-9-12-47(58-29-39)60-43-23-36(28-59-51(43)77-7)40-14-16-57-50(49(40)33(3)68)65-21-20-64-45(54(65)72)24-35-26-56(5,6)27-46(35)64/h8-10,12,14,16,23-25,28-29,31-34,37,44,68H,11,13,15,17-22,26-27,30H2,1-7H3,(H,58,60)(H2,74,75,76)/t31-,32+,33+,34?,37?,44?/m1/s1/i7D3. The molecule has 4 aromatic heterocycles. The maximum absolute atomic E-state index is 14.2. The summed E-state index contributed by atoms with van der Waals surface area (Å²) in [5, 5.41) is 14.6. The van der Waals surface area contributed by atoms with Gasteiger partial charge in [0.2, 0.25) is 11.8 Å². The van der Waals surface area contributed by atoms with Crippen molar-refractivity contribution in [2.24, 2.45) is 5.41 Å². The number of anilines is 5. The molecule has 4 N–H and O–H groups in total. The minimum atomic E-state index is -5.08. The first-order chi connectivity index (χ1) is 38.7. The van der Waals surface area contributed by atoms with Crippen LogP contribution in [0.25, 0.3) is 11.1 Å². The summed E-state index contributed by atoms with van der Waals surface area (Å²) in [6.45, 7) is 15.4. The number of fused-ring (bicyclic) bond motifs is 4. The number of amides is 5. The summed E-state index contributed by atoms with van der Waals surface area (Å²) in [4.78, 5) is 111. The van der Waals surface area contributed by atoms with Gasteiger partial charge in [0, 0.05) is 98.7 Å². The van der Waals surface area contributed by atoms with Crippen LogP contribution in [0.5, 0.6) is 5.88 Å². The lowest BCUT2D eigenvalue weighted by atomic mass is 9.90. The van der Waals surface area contributed by atoms with Gasteiger partial charge in [-0.3, -0.25) is 48.1 Å². The van der Waals surface area contributed by atoms with Gasteiger partial charge in [-0.05, 0) is 125 Å². The minimum absolute atomic E-state index is 0.0602. The number of imide groups is 2. The predicted octanol–water partition coefficient (Wildman–Crippen LogP) is 6.07. The number of hydrogen-bond acceptors (Lipinski definition) is 16. The van der Waals surface area contributed by atoms with E-state index in [-0.39, 0.29) is 65.0 Å². The Kier molecular flexibility index (Phi) is 13.0. The zero-order chi connectivity index (χ0) is 58.5. The van der Waals surface area contributed by atoms with Crippen LogP contribution >= 0.6 is 7.82 Å². The van der Waals surface area contributed by atoms with Crippen molar-refractivity contribution in [3.05, 3.63) is 101 Å². The van der Waals surface area contributed by atoms with Gasteiger partial charge in [0.15, 0.2) is 0 Å². The van der Waals surface area contributed by atoms with E-state index in [1.54, 1.807) is 60.6 Å². The fourth-order valence-corrected chi connectivity index (χ4v) is 13.4. The van der Waals surface area contributed by atoms with Gasteiger partial charge in [-0.15, -0.1) is 0 Å². The molecule has 22 nitrogen and oxygen atoms in total. The Morgan fingerprint density at radius 3 is 2.32 bits per heavy atom. The van der Waals surface area contributed by atoms with Crippen LogP contribution in [0.1, 0.15) is 125 Å². The molecule has 0 spiro atoms. The lowest BCUT2D eigenvalue weighted by Crippen LogP contribution is -2.58. The van der Waals surface area contributed by atoms with Crippen molar-refractivity contribution in [3.63, 3.8) is 0 Å². The lowest BCUT2D eigenvalue weighted by molar-refractivity contribution is -0.161. The number of aliphatic hydroxyl groups excluding tert-OH is 1. The number of methoxy groups -OCH3 is 1. The largest absolute Gasteiger partial charge is 0.480 e. The van der Waals surface area contributed by atoms with Gasteiger partial charge in [0.05, 0.1) is 40.3 Å². The number of phosphoric acid groups is 1. The number of aromatic nitrogens is 4. The number of aliphatic hydroxyl groups is 1. The maximum atomic E-state index is 14.2. The second-order valence-electron chi connectivity index (χ2n) is 22.4. The third-order valence-corrected chi connectivity index (χ3v) is 17.1. The number of nitrogens with zero attached hydrogens (tertiary/aromatic N) is 10. The zero-order valence-electron chi connectivity index (χ0n) is 47.8. The van der Waals surface area contributed by atoms with E-state index in [9.17, 15) is 43.4 Å². The molecule has 1 aromatic carbocycles. The molecule has 5 aliphatic heterocycles. The van der Waals surface area contributed by atoms with Crippen LogP contribution in [-0.4, -0.2) is 149 Å². The van der Waals surface area contributed by atoms with E-state index in [2.05, 4.69) is 66.8 Å².